The van der Waals surface area contributed by atoms with E-state index in [1.165, 1.54) is 11.3 Å². The van der Waals surface area contributed by atoms with Crippen LogP contribution in [0, 0.1) is 0 Å². The topological polar surface area (TPSA) is 70.6 Å². The minimum absolute atomic E-state index is 0.0948. The van der Waals surface area contributed by atoms with Crippen LogP contribution in [0.25, 0.3) is 0 Å². The van der Waals surface area contributed by atoms with E-state index in [-0.39, 0.29) is 18.6 Å². The summed E-state index contributed by atoms with van der Waals surface area (Å²) in [6.07, 6.45) is 0.765. The van der Waals surface area contributed by atoms with Gasteiger partial charge in [-0.2, -0.15) is 0 Å². The Bertz CT molecular complexity index is 639. The van der Waals surface area contributed by atoms with Crippen LogP contribution in [-0.2, 0) is 5.60 Å². The minimum atomic E-state index is -1.08. The van der Waals surface area contributed by atoms with Gasteiger partial charge < -0.3 is 20.5 Å². The fourth-order valence-corrected chi connectivity index (χ4v) is 3.18. The van der Waals surface area contributed by atoms with Crippen molar-refractivity contribution in [2.75, 3.05) is 13.7 Å². The number of amides is 2. The van der Waals surface area contributed by atoms with Gasteiger partial charge in [-0.15, -0.1) is 11.3 Å². The summed E-state index contributed by atoms with van der Waals surface area (Å²) in [5.41, 5.74) is -0.0636. The Morgan fingerprint density at radius 3 is 2.58 bits per heavy atom. The van der Waals surface area contributed by atoms with Crippen LogP contribution in [0.2, 0.25) is 0 Å². The standard InChI is InChI=1S/C18H24N2O3S/c1-4-15(13-7-9-14(23-3)10-8-13)20-17(21)19-12-18(2,22)16-6-5-11-24-16/h5-11,15,22H,4,12H2,1-3H3,(H2,19,20,21). The highest BCUT2D eigenvalue weighted by Crippen LogP contribution is 2.24. The second-order valence-corrected chi connectivity index (χ2v) is 6.76. The number of urea groups is 1. The Hall–Kier alpha value is -2.05. The van der Waals surface area contributed by atoms with Crippen LogP contribution in [0.15, 0.2) is 41.8 Å². The third-order valence-electron chi connectivity index (χ3n) is 3.88. The summed E-state index contributed by atoms with van der Waals surface area (Å²) >= 11 is 1.47. The number of ether oxygens (including phenoxy) is 1. The number of rotatable bonds is 7. The molecule has 0 aliphatic rings. The molecule has 0 bridgehead atoms. The summed E-state index contributed by atoms with van der Waals surface area (Å²) in [5.74, 6) is 0.782. The number of nitrogens with one attached hydrogen (secondary N) is 2. The van der Waals surface area contributed by atoms with E-state index in [2.05, 4.69) is 10.6 Å². The SMILES string of the molecule is CCC(NC(=O)NCC(C)(O)c1cccs1)c1ccc(OC)cc1. The van der Waals surface area contributed by atoms with E-state index >= 15 is 0 Å². The maximum absolute atomic E-state index is 12.2. The van der Waals surface area contributed by atoms with Crippen molar-refractivity contribution in [2.45, 2.75) is 31.9 Å². The van der Waals surface area contributed by atoms with E-state index in [0.29, 0.717) is 0 Å². The highest BCUT2D eigenvalue weighted by molar-refractivity contribution is 7.10. The van der Waals surface area contributed by atoms with Crippen LogP contribution in [0.3, 0.4) is 0 Å². The van der Waals surface area contributed by atoms with Crippen LogP contribution in [0.5, 0.6) is 5.75 Å². The molecular formula is C18H24N2O3S. The summed E-state index contributed by atoms with van der Waals surface area (Å²) in [4.78, 5) is 13.0. The molecule has 24 heavy (non-hydrogen) atoms. The molecule has 0 aliphatic carbocycles. The summed E-state index contributed by atoms with van der Waals surface area (Å²) in [7, 11) is 1.62. The first-order chi connectivity index (χ1) is 11.5. The van der Waals surface area contributed by atoms with E-state index in [1.807, 2.05) is 48.7 Å². The first-order valence-electron chi connectivity index (χ1n) is 7.91. The van der Waals surface area contributed by atoms with Gasteiger partial charge in [-0.05, 0) is 42.5 Å². The highest BCUT2D eigenvalue weighted by Gasteiger charge is 2.25. The molecule has 5 nitrogen and oxygen atoms in total. The minimum Gasteiger partial charge on any atom is -0.497 e. The predicted octanol–water partition coefficient (Wildman–Crippen LogP) is 3.41. The molecule has 0 radical (unpaired) electrons. The van der Waals surface area contributed by atoms with Gasteiger partial charge in [0.15, 0.2) is 0 Å². The Kier molecular flexibility index (Phi) is 6.23. The summed E-state index contributed by atoms with van der Waals surface area (Å²) < 4.78 is 5.15. The molecule has 2 unspecified atom stereocenters. The van der Waals surface area contributed by atoms with Crippen LogP contribution in [0.4, 0.5) is 4.79 Å². The molecule has 2 amide bonds. The van der Waals surface area contributed by atoms with Crippen molar-refractivity contribution in [3.63, 3.8) is 0 Å². The molecule has 0 saturated carbocycles. The zero-order valence-corrected chi connectivity index (χ0v) is 15.0. The predicted molar refractivity (Wildman–Crippen MR) is 96.5 cm³/mol. The van der Waals surface area contributed by atoms with Crippen LogP contribution in [0.1, 0.15) is 36.8 Å². The van der Waals surface area contributed by atoms with Crippen molar-refractivity contribution in [2.24, 2.45) is 0 Å². The van der Waals surface area contributed by atoms with E-state index in [4.69, 9.17) is 4.74 Å². The first kappa shape index (κ1) is 18.3. The summed E-state index contributed by atoms with van der Waals surface area (Å²) in [5, 5.41) is 18.0. The van der Waals surface area contributed by atoms with Gasteiger partial charge in [0.1, 0.15) is 11.4 Å². The molecule has 2 rings (SSSR count). The number of benzene rings is 1. The molecule has 6 heteroatoms. The van der Waals surface area contributed by atoms with Gasteiger partial charge in [-0.1, -0.05) is 25.1 Å². The number of thiophene rings is 1. The van der Waals surface area contributed by atoms with E-state index < -0.39 is 5.60 Å². The lowest BCUT2D eigenvalue weighted by Crippen LogP contribution is -2.44. The molecule has 0 fully saturated rings. The van der Waals surface area contributed by atoms with Crippen LogP contribution < -0.4 is 15.4 Å². The Morgan fingerprint density at radius 2 is 2.04 bits per heavy atom. The average molecular weight is 348 g/mol. The number of aliphatic hydroxyl groups is 1. The summed E-state index contributed by atoms with van der Waals surface area (Å²) in [6, 6.07) is 11.0. The number of methoxy groups -OCH3 is 1. The first-order valence-corrected chi connectivity index (χ1v) is 8.79. The number of carbonyl (C=O) groups excluding carboxylic acids is 1. The monoisotopic (exact) mass is 348 g/mol. The van der Waals surface area contributed by atoms with Crippen LogP contribution in [-0.4, -0.2) is 24.8 Å². The van der Waals surface area contributed by atoms with Crippen molar-refractivity contribution in [3.05, 3.63) is 52.2 Å². The second kappa shape index (κ2) is 8.17. The molecule has 2 atom stereocenters. The lowest BCUT2D eigenvalue weighted by atomic mass is 10.0. The van der Waals surface area contributed by atoms with Crippen molar-refractivity contribution in [1.82, 2.24) is 10.6 Å². The summed E-state index contributed by atoms with van der Waals surface area (Å²) in [6.45, 7) is 3.86. The second-order valence-electron chi connectivity index (χ2n) is 5.81. The fraction of sp³-hybridized carbons (Fsp3) is 0.389. The Balaban J connectivity index is 1.92. The molecule has 3 N–H and O–H groups in total. The van der Waals surface area contributed by atoms with E-state index in [0.717, 1.165) is 22.6 Å². The highest BCUT2D eigenvalue weighted by atomic mass is 32.1. The maximum atomic E-state index is 12.2. The molecular weight excluding hydrogens is 324 g/mol. The van der Waals surface area contributed by atoms with Crippen molar-refractivity contribution in [1.29, 1.82) is 0 Å². The molecule has 1 heterocycles. The largest absolute Gasteiger partial charge is 0.497 e. The number of hydrogen-bond acceptors (Lipinski definition) is 4. The van der Waals surface area contributed by atoms with Crippen LogP contribution >= 0.6 is 11.3 Å². The van der Waals surface area contributed by atoms with Gasteiger partial charge in [-0.3, -0.25) is 0 Å². The molecule has 1 aromatic carbocycles. The van der Waals surface area contributed by atoms with Gasteiger partial charge >= 0.3 is 6.03 Å². The lowest BCUT2D eigenvalue weighted by Gasteiger charge is -2.24. The molecule has 0 spiro atoms. The van der Waals surface area contributed by atoms with Gasteiger partial charge in [-0.25, -0.2) is 4.79 Å². The number of carbonyl (C=O) groups is 1. The zero-order chi connectivity index (χ0) is 17.6. The maximum Gasteiger partial charge on any atom is 0.315 e. The van der Waals surface area contributed by atoms with Gasteiger partial charge in [0.05, 0.1) is 19.7 Å². The molecule has 1 aromatic heterocycles. The van der Waals surface area contributed by atoms with Crippen molar-refractivity contribution in [3.8, 4) is 5.75 Å². The smallest absolute Gasteiger partial charge is 0.315 e. The van der Waals surface area contributed by atoms with Gasteiger partial charge in [0.2, 0.25) is 0 Å². The van der Waals surface area contributed by atoms with Crippen molar-refractivity contribution < 1.29 is 14.6 Å². The van der Waals surface area contributed by atoms with Gasteiger partial charge in [0, 0.05) is 4.88 Å². The Morgan fingerprint density at radius 1 is 1.33 bits per heavy atom. The third kappa shape index (κ3) is 4.72. The van der Waals surface area contributed by atoms with E-state index in [9.17, 15) is 9.90 Å². The number of hydrogen-bond donors (Lipinski definition) is 3. The Labute approximate surface area is 146 Å². The zero-order valence-electron chi connectivity index (χ0n) is 14.2. The fourth-order valence-electron chi connectivity index (χ4n) is 2.39. The molecule has 0 saturated heterocycles. The average Bonchev–Trinajstić information content (AvgIpc) is 3.14. The third-order valence-corrected chi connectivity index (χ3v) is 5.00. The van der Waals surface area contributed by atoms with Gasteiger partial charge in [0.25, 0.3) is 0 Å². The van der Waals surface area contributed by atoms with E-state index in [1.54, 1.807) is 14.0 Å². The molecule has 0 aliphatic heterocycles. The van der Waals surface area contributed by atoms with Crippen molar-refractivity contribution >= 4 is 17.4 Å². The molecule has 2 aromatic rings. The lowest BCUT2D eigenvalue weighted by molar-refractivity contribution is 0.0630. The normalized spacial score (nSPS) is 14.5. The quantitative estimate of drug-likeness (QED) is 0.718. The molecule has 130 valence electrons.